The SMILES string of the molecule is COC1(C(C)(C)O)CCN(c2ccc(C(F)(F)F)nc2)C1. The van der Waals surface area contributed by atoms with E-state index >= 15 is 0 Å². The topological polar surface area (TPSA) is 45.6 Å². The van der Waals surface area contributed by atoms with E-state index in [9.17, 15) is 18.3 Å². The molecule has 0 amide bonds. The van der Waals surface area contributed by atoms with Crippen LogP contribution in [0.25, 0.3) is 0 Å². The predicted molar refractivity (Wildman–Crippen MR) is 72.1 cm³/mol. The number of hydrogen-bond acceptors (Lipinski definition) is 4. The van der Waals surface area contributed by atoms with Crippen molar-refractivity contribution in [1.29, 1.82) is 0 Å². The third-order valence-electron chi connectivity index (χ3n) is 4.14. The first kappa shape index (κ1) is 16.0. The van der Waals surface area contributed by atoms with E-state index in [-0.39, 0.29) is 0 Å². The van der Waals surface area contributed by atoms with E-state index in [0.29, 0.717) is 25.2 Å². The van der Waals surface area contributed by atoms with Crippen LogP contribution in [0.15, 0.2) is 18.3 Å². The summed E-state index contributed by atoms with van der Waals surface area (Å²) in [6.07, 6.45) is -2.64. The number of hydrogen-bond donors (Lipinski definition) is 1. The molecule has 1 aliphatic heterocycles. The predicted octanol–water partition coefficient (Wildman–Crippen LogP) is 2.47. The van der Waals surface area contributed by atoms with E-state index in [4.69, 9.17) is 4.74 Å². The molecule has 1 aromatic rings. The fraction of sp³-hybridized carbons (Fsp3) is 0.643. The van der Waals surface area contributed by atoms with Crippen molar-refractivity contribution in [3.05, 3.63) is 24.0 Å². The molecule has 1 aliphatic rings. The van der Waals surface area contributed by atoms with Gasteiger partial charge in [-0.1, -0.05) is 0 Å². The van der Waals surface area contributed by atoms with Gasteiger partial charge in [-0.05, 0) is 32.4 Å². The first-order valence-electron chi connectivity index (χ1n) is 6.65. The van der Waals surface area contributed by atoms with Crippen LogP contribution in [0.4, 0.5) is 18.9 Å². The van der Waals surface area contributed by atoms with Crippen LogP contribution in [0.5, 0.6) is 0 Å². The lowest BCUT2D eigenvalue weighted by Gasteiger charge is -2.39. The van der Waals surface area contributed by atoms with E-state index < -0.39 is 23.1 Å². The van der Waals surface area contributed by atoms with Gasteiger partial charge in [0, 0.05) is 20.2 Å². The molecule has 118 valence electrons. The van der Waals surface area contributed by atoms with E-state index in [2.05, 4.69) is 4.98 Å². The molecule has 0 aliphatic carbocycles. The summed E-state index contributed by atoms with van der Waals surface area (Å²) in [6.45, 7) is 4.33. The van der Waals surface area contributed by atoms with Crippen LogP contribution in [0, 0.1) is 0 Å². The first-order chi connectivity index (χ1) is 9.59. The Bertz CT molecular complexity index is 496. The smallest absolute Gasteiger partial charge is 0.387 e. The standard InChI is InChI=1S/C14H19F3N2O2/c1-12(2,20)13(21-3)6-7-19(9-13)10-4-5-11(18-8-10)14(15,16)17/h4-5,8,20H,6-7,9H2,1-3H3. The van der Waals surface area contributed by atoms with Crippen LogP contribution < -0.4 is 4.90 Å². The number of aromatic nitrogens is 1. The molecule has 0 bridgehead atoms. The third-order valence-corrected chi connectivity index (χ3v) is 4.14. The summed E-state index contributed by atoms with van der Waals surface area (Å²) < 4.78 is 43.0. The van der Waals surface area contributed by atoms with Crippen molar-refractivity contribution in [2.45, 2.75) is 37.6 Å². The Morgan fingerprint density at radius 2 is 2.00 bits per heavy atom. The zero-order valence-corrected chi connectivity index (χ0v) is 12.2. The summed E-state index contributed by atoms with van der Waals surface area (Å²) in [5, 5.41) is 10.3. The highest BCUT2D eigenvalue weighted by atomic mass is 19.4. The summed E-state index contributed by atoms with van der Waals surface area (Å²) in [4.78, 5) is 5.33. The molecule has 1 atom stereocenters. The molecular formula is C14H19F3N2O2. The van der Waals surface area contributed by atoms with Gasteiger partial charge < -0.3 is 14.7 Å². The molecule has 0 aromatic carbocycles. The zero-order chi connectivity index (χ0) is 15.9. The highest BCUT2D eigenvalue weighted by Crippen LogP contribution is 2.37. The maximum atomic E-state index is 12.5. The van der Waals surface area contributed by atoms with Gasteiger partial charge >= 0.3 is 6.18 Å². The fourth-order valence-corrected chi connectivity index (χ4v) is 2.66. The molecule has 0 spiro atoms. The summed E-state index contributed by atoms with van der Waals surface area (Å²) in [7, 11) is 1.53. The summed E-state index contributed by atoms with van der Waals surface area (Å²) in [5.74, 6) is 0. The minimum atomic E-state index is -4.44. The number of nitrogens with zero attached hydrogens (tertiary/aromatic N) is 2. The second-order valence-corrected chi connectivity index (χ2v) is 5.83. The van der Waals surface area contributed by atoms with Gasteiger partial charge in [0.1, 0.15) is 11.3 Å². The zero-order valence-electron chi connectivity index (χ0n) is 12.2. The molecule has 1 saturated heterocycles. The minimum absolute atomic E-state index is 0.403. The van der Waals surface area contributed by atoms with Gasteiger partial charge in [0.2, 0.25) is 0 Å². The highest BCUT2D eigenvalue weighted by molar-refractivity contribution is 5.47. The normalized spacial score (nSPS) is 23.7. The van der Waals surface area contributed by atoms with Gasteiger partial charge in [-0.25, -0.2) is 4.98 Å². The minimum Gasteiger partial charge on any atom is -0.387 e. The molecule has 7 heteroatoms. The van der Waals surface area contributed by atoms with Crippen molar-refractivity contribution in [3.8, 4) is 0 Å². The Balaban J connectivity index is 2.18. The van der Waals surface area contributed by atoms with E-state index in [1.54, 1.807) is 13.8 Å². The number of rotatable bonds is 3. The highest BCUT2D eigenvalue weighted by Gasteiger charge is 2.49. The van der Waals surface area contributed by atoms with Crippen molar-refractivity contribution in [2.24, 2.45) is 0 Å². The Morgan fingerprint density at radius 3 is 2.38 bits per heavy atom. The first-order valence-corrected chi connectivity index (χ1v) is 6.65. The summed E-state index contributed by atoms with van der Waals surface area (Å²) in [5.41, 5.74) is -2.11. The number of alkyl halides is 3. The maximum Gasteiger partial charge on any atom is 0.433 e. The lowest BCUT2D eigenvalue weighted by Crippen LogP contribution is -2.53. The van der Waals surface area contributed by atoms with Crippen LogP contribution in [-0.4, -0.2) is 41.5 Å². The Morgan fingerprint density at radius 1 is 1.33 bits per heavy atom. The van der Waals surface area contributed by atoms with E-state index in [0.717, 1.165) is 6.07 Å². The number of halogens is 3. The van der Waals surface area contributed by atoms with Gasteiger partial charge in [0.25, 0.3) is 0 Å². The lowest BCUT2D eigenvalue weighted by atomic mass is 9.85. The molecule has 1 fully saturated rings. The lowest BCUT2D eigenvalue weighted by molar-refractivity contribution is -0.141. The van der Waals surface area contributed by atoms with Crippen molar-refractivity contribution in [2.75, 3.05) is 25.1 Å². The summed E-state index contributed by atoms with van der Waals surface area (Å²) >= 11 is 0. The van der Waals surface area contributed by atoms with E-state index in [1.807, 2.05) is 4.90 Å². The monoisotopic (exact) mass is 304 g/mol. The molecule has 0 radical (unpaired) electrons. The second kappa shape index (κ2) is 5.14. The molecular weight excluding hydrogens is 285 g/mol. The number of anilines is 1. The van der Waals surface area contributed by atoms with Crippen molar-refractivity contribution in [1.82, 2.24) is 4.98 Å². The quantitative estimate of drug-likeness (QED) is 0.932. The van der Waals surface area contributed by atoms with Gasteiger partial charge in [-0.3, -0.25) is 0 Å². The average molecular weight is 304 g/mol. The number of pyridine rings is 1. The average Bonchev–Trinajstić information content (AvgIpc) is 2.83. The summed E-state index contributed by atoms with van der Waals surface area (Å²) in [6, 6.07) is 2.36. The number of methoxy groups -OCH3 is 1. The van der Waals surface area contributed by atoms with Crippen LogP contribution >= 0.6 is 0 Å². The molecule has 1 aromatic heterocycles. The molecule has 21 heavy (non-hydrogen) atoms. The maximum absolute atomic E-state index is 12.5. The number of aliphatic hydroxyl groups is 1. The number of ether oxygens (including phenoxy) is 1. The molecule has 1 N–H and O–H groups in total. The van der Waals surface area contributed by atoms with Crippen LogP contribution in [0.3, 0.4) is 0 Å². The Hall–Kier alpha value is -1.34. The van der Waals surface area contributed by atoms with Crippen molar-refractivity contribution < 1.29 is 23.0 Å². The molecule has 2 heterocycles. The second-order valence-electron chi connectivity index (χ2n) is 5.83. The van der Waals surface area contributed by atoms with E-state index in [1.165, 1.54) is 19.4 Å². The van der Waals surface area contributed by atoms with Crippen LogP contribution in [0.1, 0.15) is 26.0 Å². The van der Waals surface area contributed by atoms with Gasteiger partial charge in [0.05, 0.1) is 17.5 Å². The van der Waals surface area contributed by atoms with Crippen LogP contribution in [-0.2, 0) is 10.9 Å². The molecule has 2 rings (SSSR count). The molecule has 0 saturated carbocycles. The largest absolute Gasteiger partial charge is 0.433 e. The molecule has 4 nitrogen and oxygen atoms in total. The fourth-order valence-electron chi connectivity index (χ4n) is 2.66. The van der Waals surface area contributed by atoms with Crippen molar-refractivity contribution in [3.63, 3.8) is 0 Å². The van der Waals surface area contributed by atoms with Gasteiger partial charge in [-0.2, -0.15) is 13.2 Å². The third kappa shape index (κ3) is 2.98. The van der Waals surface area contributed by atoms with Crippen LogP contribution in [0.2, 0.25) is 0 Å². The Kier molecular flexibility index (Phi) is 3.92. The Labute approximate surface area is 121 Å². The van der Waals surface area contributed by atoms with Crippen molar-refractivity contribution >= 4 is 5.69 Å². The van der Waals surface area contributed by atoms with Gasteiger partial charge in [-0.15, -0.1) is 0 Å². The van der Waals surface area contributed by atoms with Gasteiger partial charge in [0.15, 0.2) is 0 Å². The molecule has 1 unspecified atom stereocenters.